The van der Waals surface area contributed by atoms with E-state index in [0.29, 0.717) is 0 Å². The van der Waals surface area contributed by atoms with Crippen LogP contribution >= 0.6 is 0 Å². The van der Waals surface area contributed by atoms with Crippen molar-refractivity contribution in [1.82, 2.24) is 0 Å². The van der Waals surface area contributed by atoms with Crippen molar-refractivity contribution >= 4 is 55.7 Å². The first-order chi connectivity index (χ1) is 30.7. The summed E-state index contributed by atoms with van der Waals surface area (Å²) in [5.74, 6) is 0. The molecular weight excluding hydrogens is 777 g/mol. The number of likely N-dealkylation sites (N-methyl/N-ethyl adjacent to an activating group) is 2. The highest BCUT2D eigenvalue weighted by molar-refractivity contribution is 6.04. The van der Waals surface area contributed by atoms with Gasteiger partial charge in [-0.1, -0.05) is 121 Å². The van der Waals surface area contributed by atoms with Crippen LogP contribution in [0.1, 0.15) is 76.6 Å². The second-order valence-corrected chi connectivity index (χ2v) is 20.0. The lowest BCUT2D eigenvalue weighted by Gasteiger charge is -2.30. The van der Waals surface area contributed by atoms with Crippen LogP contribution in [0.15, 0.2) is 181 Å². The molecule has 4 aliphatic heterocycles. The van der Waals surface area contributed by atoms with Crippen LogP contribution in [0.2, 0.25) is 0 Å². The molecule has 4 aliphatic rings. The second-order valence-electron chi connectivity index (χ2n) is 20.0. The van der Waals surface area contributed by atoms with Gasteiger partial charge in [0.25, 0.3) is 0 Å². The highest BCUT2D eigenvalue weighted by Gasteiger charge is 2.46. The van der Waals surface area contributed by atoms with Gasteiger partial charge in [0.1, 0.15) is 14.1 Å². The fourth-order valence-electron chi connectivity index (χ4n) is 12.2. The summed E-state index contributed by atoms with van der Waals surface area (Å²) in [5.41, 5.74) is 15.2. The van der Waals surface area contributed by atoms with E-state index in [1.807, 2.05) is 0 Å². The summed E-state index contributed by atoms with van der Waals surface area (Å²) < 4.78 is 4.72. The molecule has 4 heterocycles. The van der Waals surface area contributed by atoms with Gasteiger partial charge in [-0.3, -0.25) is 0 Å². The Labute approximate surface area is 380 Å². The first kappa shape index (κ1) is 41.5. The number of hydrogen-bond acceptors (Lipinski definition) is 2. The number of nitrogens with zero attached hydrogens (tertiary/aromatic N) is 4. The highest BCUT2D eigenvalue weighted by Crippen LogP contribution is 2.54. The SMILES string of the molecule is CN1/C(=C/C=C/C2=[N+](C)c3ccccc3C2(C)C)C(C)(C/C=C\CC2(C)/C(=C\C=C\C3=[N+](C)c4ccccc4C3(C)C)N(C)c3ccc4ccccc4c32)c2c1ccc1ccccc21. The first-order valence-corrected chi connectivity index (χ1v) is 23.1. The van der Waals surface area contributed by atoms with E-state index in [-0.39, 0.29) is 21.7 Å². The Kier molecular flexibility index (Phi) is 9.76. The van der Waals surface area contributed by atoms with Gasteiger partial charge in [-0.15, -0.1) is 0 Å². The molecule has 0 aromatic heterocycles. The monoisotopic (exact) mass is 838 g/mol. The zero-order chi connectivity index (χ0) is 44.8. The second kappa shape index (κ2) is 15.0. The zero-order valence-electron chi connectivity index (χ0n) is 39.4. The van der Waals surface area contributed by atoms with Gasteiger partial charge in [0, 0.05) is 83.1 Å². The van der Waals surface area contributed by atoms with E-state index >= 15 is 0 Å². The Morgan fingerprint density at radius 1 is 0.469 bits per heavy atom. The van der Waals surface area contributed by atoms with Crippen molar-refractivity contribution in [2.24, 2.45) is 0 Å². The summed E-state index contributed by atoms with van der Waals surface area (Å²) in [7, 11) is 8.90. The molecule has 2 atom stereocenters. The number of anilines is 2. The van der Waals surface area contributed by atoms with Crippen LogP contribution in [-0.2, 0) is 21.7 Å². The lowest BCUT2D eigenvalue weighted by molar-refractivity contribution is -0.401. The van der Waals surface area contributed by atoms with Gasteiger partial charge in [0.2, 0.25) is 11.4 Å². The number of hydrogen-bond donors (Lipinski definition) is 0. The summed E-state index contributed by atoms with van der Waals surface area (Å²) in [4.78, 5) is 4.87. The lowest BCUT2D eigenvalue weighted by Crippen LogP contribution is -2.27. The number of fused-ring (bicyclic) bond motifs is 8. The van der Waals surface area contributed by atoms with E-state index in [1.165, 1.54) is 89.4 Å². The van der Waals surface area contributed by atoms with Crippen molar-refractivity contribution in [3.63, 3.8) is 0 Å². The standard InChI is InChI=1S/C60H62N4/c1-57(2)45-27-15-17-29-47(45)61(7)51(57)31-21-33-53-59(5,55-43-25-13-11-23-41(43)35-37-49(55)63(53)9)39-19-20-40-60(6)54(64(10)50-38-36-42-24-12-14-26-44(42)56(50)60)34-22-32-52-58(3,4)46-28-16-18-30-48(46)62(52)8/h11-38H,39-40H2,1-10H3/q+2/b20-19-. The maximum atomic E-state index is 2.48. The largest absolute Gasteiger partial charge is 0.347 e. The Balaban J connectivity index is 1.02. The molecule has 0 amide bonds. The average molecular weight is 839 g/mol. The van der Waals surface area contributed by atoms with E-state index in [2.05, 4.69) is 259 Å². The maximum absolute atomic E-state index is 2.48. The average Bonchev–Trinajstić information content (AvgIpc) is 3.82. The Morgan fingerprint density at radius 2 is 0.844 bits per heavy atom. The minimum absolute atomic E-state index is 0.0846. The number of benzene rings is 6. The van der Waals surface area contributed by atoms with E-state index in [1.54, 1.807) is 0 Å². The highest BCUT2D eigenvalue weighted by atomic mass is 15.2. The molecule has 320 valence electrons. The third-order valence-electron chi connectivity index (χ3n) is 15.6. The molecule has 0 saturated carbocycles. The van der Waals surface area contributed by atoms with E-state index < -0.39 is 0 Å². The van der Waals surface area contributed by atoms with Crippen LogP contribution in [0, 0.1) is 0 Å². The maximum Gasteiger partial charge on any atom is 0.209 e. The van der Waals surface area contributed by atoms with Crippen molar-refractivity contribution in [1.29, 1.82) is 0 Å². The fourth-order valence-corrected chi connectivity index (χ4v) is 12.2. The van der Waals surface area contributed by atoms with Gasteiger partial charge in [-0.25, -0.2) is 0 Å². The molecule has 10 rings (SSSR count). The predicted molar refractivity (Wildman–Crippen MR) is 273 cm³/mol. The molecule has 4 nitrogen and oxygen atoms in total. The molecule has 4 heteroatoms. The van der Waals surface area contributed by atoms with Crippen LogP contribution in [-0.4, -0.2) is 48.8 Å². The minimum atomic E-state index is -0.259. The van der Waals surface area contributed by atoms with Crippen molar-refractivity contribution in [2.45, 2.75) is 76.0 Å². The van der Waals surface area contributed by atoms with Crippen LogP contribution in [0.3, 0.4) is 0 Å². The smallest absolute Gasteiger partial charge is 0.209 e. The molecule has 0 fully saturated rings. The van der Waals surface area contributed by atoms with Crippen molar-refractivity contribution in [3.05, 3.63) is 204 Å². The van der Waals surface area contributed by atoms with Crippen LogP contribution in [0.4, 0.5) is 22.7 Å². The van der Waals surface area contributed by atoms with Gasteiger partial charge in [-0.2, -0.15) is 9.15 Å². The first-order valence-electron chi connectivity index (χ1n) is 23.1. The van der Waals surface area contributed by atoms with E-state index in [9.17, 15) is 0 Å². The van der Waals surface area contributed by atoms with Crippen LogP contribution in [0.25, 0.3) is 21.5 Å². The molecule has 0 aliphatic carbocycles. The molecule has 0 spiro atoms. The fraction of sp³-hybridized carbons (Fsp3) is 0.267. The predicted octanol–water partition coefficient (Wildman–Crippen LogP) is 13.7. The minimum Gasteiger partial charge on any atom is -0.347 e. The summed E-state index contributed by atoms with van der Waals surface area (Å²) in [6, 6.07) is 44.7. The van der Waals surface area contributed by atoms with Crippen molar-refractivity contribution in [3.8, 4) is 0 Å². The lowest BCUT2D eigenvalue weighted by atomic mass is 9.74. The molecule has 0 radical (unpaired) electrons. The number of allylic oxidation sites excluding steroid dienone is 10. The molecule has 0 N–H and O–H groups in total. The van der Waals surface area contributed by atoms with Gasteiger partial charge < -0.3 is 9.80 Å². The van der Waals surface area contributed by atoms with Crippen molar-refractivity contribution < 1.29 is 9.15 Å². The Hall–Kier alpha value is -6.52. The topological polar surface area (TPSA) is 12.5 Å². The molecule has 0 bridgehead atoms. The molecule has 2 unspecified atom stereocenters. The molecule has 64 heavy (non-hydrogen) atoms. The van der Waals surface area contributed by atoms with Gasteiger partial charge in [-0.05, 0) is 111 Å². The summed E-state index contributed by atoms with van der Waals surface area (Å²) >= 11 is 0. The Bertz CT molecular complexity index is 2930. The molecular formula is C60H62N4+2. The normalized spacial score (nSPS) is 23.3. The summed E-state index contributed by atoms with van der Waals surface area (Å²) in [6.45, 7) is 14.3. The number of rotatable bonds is 8. The number of para-hydroxylation sites is 2. The van der Waals surface area contributed by atoms with E-state index in [4.69, 9.17) is 0 Å². The molecule has 6 aromatic carbocycles. The molecule has 6 aromatic rings. The van der Waals surface area contributed by atoms with Gasteiger partial charge in [0.15, 0.2) is 11.4 Å². The van der Waals surface area contributed by atoms with Crippen LogP contribution < -0.4 is 9.80 Å². The van der Waals surface area contributed by atoms with Gasteiger partial charge in [0.05, 0.1) is 10.8 Å². The van der Waals surface area contributed by atoms with E-state index in [0.717, 1.165) is 12.8 Å². The van der Waals surface area contributed by atoms with Gasteiger partial charge >= 0.3 is 0 Å². The van der Waals surface area contributed by atoms with Crippen molar-refractivity contribution in [2.75, 3.05) is 38.0 Å². The Morgan fingerprint density at radius 3 is 1.25 bits per heavy atom. The summed E-state index contributed by atoms with van der Waals surface area (Å²) in [6.07, 6.45) is 20.7. The third-order valence-corrected chi connectivity index (χ3v) is 15.6. The zero-order valence-corrected chi connectivity index (χ0v) is 39.4. The third kappa shape index (κ3) is 6.09. The quantitative estimate of drug-likeness (QED) is 0.112. The van der Waals surface area contributed by atoms with Crippen LogP contribution in [0.5, 0.6) is 0 Å². The summed E-state index contributed by atoms with van der Waals surface area (Å²) in [5, 5.41) is 5.23. The molecule has 0 saturated heterocycles.